The van der Waals surface area contributed by atoms with Gasteiger partial charge in [0, 0.05) is 33.5 Å². The van der Waals surface area contributed by atoms with Gasteiger partial charge in [0.25, 0.3) is 5.03 Å². The van der Waals surface area contributed by atoms with Crippen LogP contribution in [0.5, 0.6) is 0 Å². The van der Waals surface area contributed by atoms with Gasteiger partial charge in [0.15, 0.2) is 0 Å². The molecule has 0 aliphatic heterocycles. The van der Waals surface area contributed by atoms with Crippen LogP contribution in [0.4, 0.5) is 0 Å². The Morgan fingerprint density at radius 2 is 1.50 bits per heavy atom. The zero-order chi connectivity index (χ0) is 20.8. The molecular weight excluding hydrogens is 408 g/mol. The molecule has 1 aromatic heterocycles. The maximum absolute atomic E-state index is 10.0. The molecule has 0 bridgehead atoms. The normalized spacial score (nSPS) is 10.5. The highest BCUT2D eigenvalue weighted by Gasteiger charge is 2.22. The molecule has 1 N–H and O–H groups in total. The second-order valence-electron chi connectivity index (χ2n) is 6.84. The third-order valence-electron chi connectivity index (χ3n) is 4.87. The van der Waals surface area contributed by atoms with E-state index in [1.165, 1.54) is 5.56 Å². The number of benzene rings is 3. The van der Waals surface area contributed by atoms with Crippen molar-refractivity contribution in [3.63, 3.8) is 0 Å². The van der Waals surface area contributed by atoms with Gasteiger partial charge in [-0.2, -0.15) is 10.2 Å². The van der Waals surface area contributed by atoms with Crippen molar-refractivity contribution >= 4 is 23.4 Å². The topological polar surface area (TPSA) is 37.9 Å². The van der Waals surface area contributed by atoms with Crippen LogP contribution >= 0.6 is 23.4 Å². The van der Waals surface area contributed by atoms with E-state index in [4.69, 9.17) is 11.6 Å². The van der Waals surface area contributed by atoms with Gasteiger partial charge in [-0.3, -0.25) is 0 Å². The lowest BCUT2D eigenvalue weighted by molar-refractivity contribution is -0.414. The third kappa shape index (κ3) is 4.57. The Bertz CT molecular complexity index is 1180. The molecule has 0 aliphatic rings. The minimum Gasteiger partial charge on any atom is -0.198 e. The molecule has 0 aliphatic carbocycles. The number of nitrogens with zero attached hydrogens (tertiary/aromatic N) is 1. The number of nitriles is 1. The number of pyridine rings is 1. The number of hydrogen-bond donors (Lipinski definition) is 0. The van der Waals surface area contributed by atoms with Crippen LogP contribution in [0.1, 0.15) is 11.1 Å². The molecule has 4 rings (SSSR count). The maximum atomic E-state index is 10.0. The summed E-state index contributed by atoms with van der Waals surface area (Å²) >= 11 is 8.17. The Balaban J connectivity index is 1.76. The Labute approximate surface area is 186 Å². The maximum Gasteiger partial charge on any atom is 0.257 e. The summed E-state index contributed by atoms with van der Waals surface area (Å²) < 4.78 is 0. The molecule has 0 radical (unpaired) electrons. The molecule has 0 saturated heterocycles. The molecule has 3 aromatic carbocycles. The smallest absolute Gasteiger partial charge is 0.198 e. The van der Waals surface area contributed by atoms with E-state index in [0.29, 0.717) is 10.6 Å². The molecular formula is C26H20ClN2S+. The summed E-state index contributed by atoms with van der Waals surface area (Å²) in [7, 11) is 0. The van der Waals surface area contributed by atoms with E-state index in [0.717, 1.165) is 39.6 Å². The number of hydrogen-bond acceptors (Lipinski definition) is 2. The van der Waals surface area contributed by atoms with Crippen molar-refractivity contribution in [3.05, 3.63) is 107 Å². The molecule has 146 valence electrons. The van der Waals surface area contributed by atoms with Gasteiger partial charge in [-0.25, -0.2) is 0 Å². The Morgan fingerprint density at radius 1 is 0.833 bits per heavy atom. The number of H-pyrrole nitrogens is 1. The number of halogens is 1. The standard InChI is InChI=1S/C26H19ClN2S/c27-24-14-8-7-13-21(24)22-17-25(20-11-5-2-6-12-20)29-26(23(22)18-28)30-16-15-19-9-3-1-4-10-19/h1-14,17H,15-16H2/p+1. The van der Waals surface area contributed by atoms with E-state index in [1.54, 1.807) is 11.8 Å². The van der Waals surface area contributed by atoms with E-state index in [-0.39, 0.29) is 0 Å². The van der Waals surface area contributed by atoms with E-state index in [1.807, 2.05) is 54.6 Å². The first kappa shape index (κ1) is 20.2. The van der Waals surface area contributed by atoms with Gasteiger partial charge in [0.2, 0.25) is 5.69 Å². The zero-order valence-electron chi connectivity index (χ0n) is 16.3. The van der Waals surface area contributed by atoms with E-state index >= 15 is 0 Å². The molecule has 1 heterocycles. The van der Waals surface area contributed by atoms with Crippen molar-refractivity contribution in [2.45, 2.75) is 11.4 Å². The molecule has 0 unspecified atom stereocenters. The SMILES string of the molecule is N#Cc1c(-c2ccccc2Cl)cc(-c2ccccc2)[nH+]c1SCCc1ccccc1. The number of aromatic amines is 1. The number of rotatable bonds is 6. The van der Waals surface area contributed by atoms with Crippen LogP contribution in [-0.4, -0.2) is 5.75 Å². The van der Waals surface area contributed by atoms with E-state index in [9.17, 15) is 5.26 Å². The van der Waals surface area contributed by atoms with Crippen molar-refractivity contribution in [1.82, 2.24) is 0 Å². The summed E-state index contributed by atoms with van der Waals surface area (Å²) in [6.07, 6.45) is 0.932. The summed E-state index contributed by atoms with van der Waals surface area (Å²) in [5, 5.41) is 11.5. The molecule has 0 atom stereocenters. The number of thioether (sulfide) groups is 1. The van der Waals surface area contributed by atoms with Crippen LogP contribution in [0.3, 0.4) is 0 Å². The Morgan fingerprint density at radius 3 is 2.20 bits per heavy atom. The third-order valence-corrected chi connectivity index (χ3v) is 6.21. The van der Waals surface area contributed by atoms with Crippen LogP contribution in [-0.2, 0) is 6.42 Å². The quantitative estimate of drug-likeness (QED) is 0.321. The zero-order valence-corrected chi connectivity index (χ0v) is 17.9. The second-order valence-corrected chi connectivity index (χ2v) is 8.35. The first-order valence-corrected chi connectivity index (χ1v) is 11.1. The van der Waals surface area contributed by atoms with Gasteiger partial charge in [0.05, 0.1) is 0 Å². The Hall–Kier alpha value is -3.06. The average Bonchev–Trinajstić information content (AvgIpc) is 2.80. The van der Waals surface area contributed by atoms with Crippen LogP contribution < -0.4 is 4.98 Å². The van der Waals surface area contributed by atoms with Crippen LogP contribution in [0.15, 0.2) is 96.0 Å². The summed E-state index contributed by atoms with van der Waals surface area (Å²) in [6, 6.07) is 32.6. The molecule has 4 heteroatoms. The Kier molecular flexibility index (Phi) is 6.49. The fraction of sp³-hybridized carbons (Fsp3) is 0.0769. The van der Waals surface area contributed by atoms with E-state index in [2.05, 4.69) is 47.5 Å². The van der Waals surface area contributed by atoms with Crippen LogP contribution in [0.25, 0.3) is 22.4 Å². The van der Waals surface area contributed by atoms with Gasteiger partial charge in [0.1, 0.15) is 11.6 Å². The van der Waals surface area contributed by atoms with Gasteiger partial charge in [-0.05, 0) is 30.2 Å². The predicted molar refractivity (Wildman–Crippen MR) is 124 cm³/mol. The first-order valence-electron chi connectivity index (χ1n) is 9.74. The highest BCUT2D eigenvalue weighted by Crippen LogP contribution is 2.35. The molecule has 0 saturated carbocycles. The van der Waals surface area contributed by atoms with Gasteiger partial charge in [-0.15, -0.1) is 0 Å². The second kappa shape index (κ2) is 9.63. The highest BCUT2D eigenvalue weighted by atomic mass is 35.5. The lowest BCUT2D eigenvalue weighted by Gasteiger charge is -2.09. The van der Waals surface area contributed by atoms with Gasteiger partial charge < -0.3 is 0 Å². The first-order chi connectivity index (χ1) is 14.8. The number of nitrogens with one attached hydrogen (secondary N) is 1. The number of aryl methyl sites for hydroxylation is 1. The van der Waals surface area contributed by atoms with Crippen molar-refractivity contribution in [2.75, 3.05) is 5.75 Å². The highest BCUT2D eigenvalue weighted by molar-refractivity contribution is 7.99. The summed E-state index contributed by atoms with van der Waals surface area (Å²) in [5.74, 6) is 0.870. The fourth-order valence-electron chi connectivity index (χ4n) is 3.36. The van der Waals surface area contributed by atoms with Crippen molar-refractivity contribution in [2.24, 2.45) is 0 Å². The summed E-state index contributed by atoms with van der Waals surface area (Å²) in [4.78, 5) is 3.49. The average molecular weight is 428 g/mol. The molecule has 0 spiro atoms. The van der Waals surface area contributed by atoms with Crippen LogP contribution in [0.2, 0.25) is 5.02 Å². The minimum absolute atomic E-state index is 0.626. The number of aromatic nitrogens is 1. The van der Waals surface area contributed by atoms with Gasteiger partial charge in [-0.1, -0.05) is 90.1 Å². The monoisotopic (exact) mass is 427 g/mol. The molecule has 0 amide bonds. The van der Waals surface area contributed by atoms with Crippen molar-refractivity contribution in [1.29, 1.82) is 5.26 Å². The molecule has 0 fully saturated rings. The lowest BCUT2D eigenvalue weighted by atomic mass is 9.99. The van der Waals surface area contributed by atoms with Crippen molar-refractivity contribution < 1.29 is 4.98 Å². The minimum atomic E-state index is 0.626. The fourth-order valence-corrected chi connectivity index (χ4v) is 4.62. The van der Waals surface area contributed by atoms with E-state index < -0.39 is 0 Å². The van der Waals surface area contributed by atoms with Crippen LogP contribution in [0, 0.1) is 11.3 Å². The molecule has 4 aromatic rings. The predicted octanol–water partition coefficient (Wildman–Crippen LogP) is 6.69. The molecule has 30 heavy (non-hydrogen) atoms. The summed E-state index contributed by atoms with van der Waals surface area (Å²) in [5.41, 5.74) is 5.66. The van der Waals surface area contributed by atoms with Crippen molar-refractivity contribution in [3.8, 4) is 28.5 Å². The molecule has 2 nitrogen and oxygen atoms in total. The lowest BCUT2D eigenvalue weighted by Crippen LogP contribution is -2.14. The summed E-state index contributed by atoms with van der Waals surface area (Å²) in [6.45, 7) is 0. The van der Waals surface area contributed by atoms with Gasteiger partial charge >= 0.3 is 0 Å². The largest absolute Gasteiger partial charge is 0.257 e.